The molecule has 8 heteroatoms. The van der Waals surface area contributed by atoms with E-state index in [0.717, 1.165) is 5.01 Å². The molecule has 2 rings (SSSR count). The van der Waals surface area contributed by atoms with E-state index in [-0.39, 0.29) is 23.6 Å². The Kier molecular flexibility index (Phi) is 4.49. The first-order chi connectivity index (χ1) is 9.65. The van der Waals surface area contributed by atoms with Crippen molar-refractivity contribution in [1.82, 2.24) is 4.98 Å². The van der Waals surface area contributed by atoms with Crippen molar-refractivity contribution < 1.29 is 19.5 Å². The predicted octanol–water partition coefficient (Wildman–Crippen LogP) is 2.13. The lowest BCUT2D eigenvalue weighted by Crippen LogP contribution is -2.01. The van der Waals surface area contributed by atoms with Crippen LogP contribution < -0.4 is 9.47 Å². The highest BCUT2D eigenvalue weighted by atomic mass is 32.1. The Morgan fingerprint density at radius 3 is 2.80 bits per heavy atom. The van der Waals surface area contributed by atoms with E-state index < -0.39 is 11.5 Å². The monoisotopic (exact) mass is 296 g/mol. The van der Waals surface area contributed by atoms with Gasteiger partial charge in [-0.2, -0.15) is 0 Å². The van der Waals surface area contributed by atoms with E-state index in [2.05, 4.69) is 4.98 Å². The summed E-state index contributed by atoms with van der Waals surface area (Å²) in [5, 5.41) is 22.7. The second-order valence-electron chi connectivity index (χ2n) is 3.76. The van der Waals surface area contributed by atoms with Crippen LogP contribution in [0.4, 0.5) is 5.69 Å². The molecule has 0 unspecified atom stereocenters. The van der Waals surface area contributed by atoms with Crippen molar-refractivity contribution in [3.63, 3.8) is 0 Å². The Hall–Kier alpha value is -2.19. The Morgan fingerprint density at radius 1 is 1.45 bits per heavy atom. The lowest BCUT2D eigenvalue weighted by molar-refractivity contribution is -0.386. The van der Waals surface area contributed by atoms with Gasteiger partial charge < -0.3 is 14.6 Å². The molecule has 106 valence electrons. The fraction of sp³-hybridized carbons (Fsp3) is 0.250. The number of rotatable bonds is 6. The summed E-state index contributed by atoms with van der Waals surface area (Å²) in [5.74, 6) is 0.572. The maximum absolute atomic E-state index is 11.0. The SMILES string of the molecule is COc1cc(CO)c([N+](=O)[O-])cc1OCc1nccs1. The van der Waals surface area contributed by atoms with Crippen molar-refractivity contribution in [3.8, 4) is 11.5 Å². The van der Waals surface area contributed by atoms with Gasteiger partial charge in [0.2, 0.25) is 0 Å². The number of thiazole rings is 1. The lowest BCUT2D eigenvalue weighted by Gasteiger charge is -2.11. The van der Waals surface area contributed by atoms with Crippen molar-refractivity contribution in [3.05, 3.63) is 44.4 Å². The maximum atomic E-state index is 11.0. The number of hydrogen-bond acceptors (Lipinski definition) is 7. The van der Waals surface area contributed by atoms with E-state index in [1.165, 1.54) is 30.6 Å². The average Bonchev–Trinajstić information content (AvgIpc) is 2.97. The van der Waals surface area contributed by atoms with Gasteiger partial charge in [0.1, 0.15) is 11.6 Å². The lowest BCUT2D eigenvalue weighted by atomic mass is 10.1. The average molecular weight is 296 g/mol. The van der Waals surface area contributed by atoms with Crippen molar-refractivity contribution in [2.75, 3.05) is 7.11 Å². The molecule has 0 saturated carbocycles. The van der Waals surface area contributed by atoms with E-state index in [1.54, 1.807) is 6.20 Å². The molecular formula is C12H12N2O5S. The van der Waals surface area contributed by atoms with E-state index in [0.29, 0.717) is 5.75 Å². The summed E-state index contributed by atoms with van der Waals surface area (Å²) < 4.78 is 10.6. The Balaban J connectivity index is 2.30. The fourth-order valence-corrected chi connectivity index (χ4v) is 2.15. The third-order valence-electron chi connectivity index (χ3n) is 2.57. The largest absolute Gasteiger partial charge is 0.493 e. The zero-order valence-electron chi connectivity index (χ0n) is 10.6. The molecule has 1 heterocycles. The summed E-state index contributed by atoms with van der Waals surface area (Å²) in [6.07, 6.45) is 1.65. The van der Waals surface area contributed by atoms with Crippen molar-refractivity contribution in [2.45, 2.75) is 13.2 Å². The van der Waals surface area contributed by atoms with Gasteiger partial charge in [-0.3, -0.25) is 10.1 Å². The van der Waals surface area contributed by atoms with Gasteiger partial charge >= 0.3 is 0 Å². The maximum Gasteiger partial charge on any atom is 0.278 e. The standard InChI is InChI=1S/C12H12N2O5S/c1-18-10-4-8(6-15)9(14(16)17)5-11(10)19-7-12-13-2-3-20-12/h2-5,15H,6-7H2,1H3. The summed E-state index contributed by atoms with van der Waals surface area (Å²) in [5.41, 5.74) is -0.0316. The van der Waals surface area contributed by atoms with Crippen LogP contribution in [-0.2, 0) is 13.2 Å². The third kappa shape index (κ3) is 3.03. The number of methoxy groups -OCH3 is 1. The fourth-order valence-electron chi connectivity index (χ4n) is 1.62. The van der Waals surface area contributed by atoms with Crippen LogP contribution in [-0.4, -0.2) is 22.1 Å². The van der Waals surface area contributed by atoms with Crippen LogP contribution in [0.3, 0.4) is 0 Å². The number of aliphatic hydroxyl groups excluding tert-OH is 1. The molecule has 0 bridgehead atoms. The number of aromatic nitrogens is 1. The molecule has 1 aromatic heterocycles. The van der Waals surface area contributed by atoms with Crippen molar-refractivity contribution >= 4 is 17.0 Å². The number of aliphatic hydroxyl groups is 1. The summed E-state index contributed by atoms with van der Waals surface area (Å²) >= 11 is 1.42. The molecule has 20 heavy (non-hydrogen) atoms. The first kappa shape index (κ1) is 14.2. The molecule has 0 saturated heterocycles. The quantitative estimate of drug-likeness (QED) is 0.648. The molecule has 0 aliphatic rings. The molecule has 0 aliphatic heterocycles. The Bertz CT molecular complexity index is 600. The molecule has 0 radical (unpaired) electrons. The van der Waals surface area contributed by atoms with Gasteiger partial charge in [0.25, 0.3) is 5.69 Å². The smallest absolute Gasteiger partial charge is 0.278 e. The Morgan fingerprint density at radius 2 is 2.25 bits per heavy atom. The van der Waals surface area contributed by atoms with Crippen LogP contribution in [0.2, 0.25) is 0 Å². The highest BCUT2D eigenvalue weighted by Gasteiger charge is 2.19. The minimum atomic E-state index is -0.568. The molecule has 0 aliphatic carbocycles. The highest BCUT2D eigenvalue weighted by molar-refractivity contribution is 7.09. The summed E-state index contributed by atoms with van der Waals surface area (Å²) in [6, 6.07) is 2.65. The van der Waals surface area contributed by atoms with Gasteiger partial charge in [-0.15, -0.1) is 11.3 Å². The van der Waals surface area contributed by atoms with Crippen LogP contribution in [0.1, 0.15) is 10.6 Å². The number of nitrogens with zero attached hydrogens (tertiary/aromatic N) is 2. The van der Waals surface area contributed by atoms with Gasteiger partial charge in [-0.05, 0) is 6.07 Å². The third-order valence-corrected chi connectivity index (χ3v) is 3.32. The molecule has 1 aromatic carbocycles. The van der Waals surface area contributed by atoms with Gasteiger partial charge in [-0.1, -0.05) is 0 Å². The van der Waals surface area contributed by atoms with E-state index in [4.69, 9.17) is 14.6 Å². The van der Waals surface area contributed by atoms with Crippen LogP contribution in [0, 0.1) is 10.1 Å². The zero-order valence-corrected chi connectivity index (χ0v) is 11.4. The molecule has 0 amide bonds. The van der Waals surface area contributed by atoms with Gasteiger partial charge in [0.05, 0.1) is 30.3 Å². The number of hydrogen-bond donors (Lipinski definition) is 1. The number of benzene rings is 1. The van der Waals surface area contributed by atoms with Gasteiger partial charge in [-0.25, -0.2) is 4.98 Å². The van der Waals surface area contributed by atoms with Crippen molar-refractivity contribution in [1.29, 1.82) is 0 Å². The normalized spacial score (nSPS) is 10.3. The van der Waals surface area contributed by atoms with Crippen LogP contribution in [0.15, 0.2) is 23.7 Å². The highest BCUT2D eigenvalue weighted by Crippen LogP contribution is 2.35. The summed E-state index contributed by atoms with van der Waals surface area (Å²) in [7, 11) is 1.43. The van der Waals surface area contributed by atoms with E-state index in [1.807, 2.05) is 5.38 Å². The number of nitro benzene ring substituents is 1. The molecular weight excluding hydrogens is 284 g/mol. The number of ether oxygens (including phenoxy) is 2. The summed E-state index contributed by atoms with van der Waals surface area (Å²) in [4.78, 5) is 14.4. The van der Waals surface area contributed by atoms with E-state index in [9.17, 15) is 10.1 Å². The molecule has 2 aromatic rings. The molecule has 1 N–H and O–H groups in total. The second-order valence-corrected chi connectivity index (χ2v) is 4.74. The van der Waals surface area contributed by atoms with Crippen molar-refractivity contribution in [2.24, 2.45) is 0 Å². The van der Waals surface area contributed by atoms with Gasteiger partial charge in [0.15, 0.2) is 11.5 Å². The number of nitro groups is 1. The second kappa shape index (κ2) is 6.31. The molecule has 0 spiro atoms. The first-order valence-corrected chi connectivity index (χ1v) is 6.51. The minimum absolute atomic E-state index is 0.174. The summed E-state index contributed by atoms with van der Waals surface area (Å²) in [6.45, 7) is -0.247. The topological polar surface area (TPSA) is 94.7 Å². The predicted molar refractivity (Wildman–Crippen MR) is 72.0 cm³/mol. The molecule has 7 nitrogen and oxygen atoms in total. The zero-order chi connectivity index (χ0) is 14.5. The molecule has 0 fully saturated rings. The molecule has 0 atom stereocenters. The van der Waals surface area contributed by atoms with Crippen LogP contribution >= 0.6 is 11.3 Å². The van der Waals surface area contributed by atoms with Crippen LogP contribution in [0.25, 0.3) is 0 Å². The van der Waals surface area contributed by atoms with Gasteiger partial charge in [0, 0.05) is 11.6 Å². The first-order valence-electron chi connectivity index (χ1n) is 5.63. The Labute approximate surface area is 118 Å². The van der Waals surface area contributed by atoms with Crippen LogP contribution in [0.5, 0.6) is 11.5 Å². The van der Waals surface area contributed by atoms with E-state index >= 15 is 0 Å². The minimum Gasteiger partial charge on any atom is -0.493 e.